The molecule has 0 aromatic carbocycles. The van der Waals surface area contributed by atoms with Gasteiger partial charge in [-0.25, -0.2) is 0 Å². The smallest absolute Gasteiger partial charge is 0.00143 e. The molecule has 4 rings (SSSR count). The number of rotatable bonds is 2. The second-order valence-corrected chi connectivity index (χ2v) is 7.80. The summed E-state index contributed by atoms with van der Waals surface area (Å²) in [6.45, 7) is 11.7. The quantitative estimate of drug-likeness (QED) is 0.577. The summed E-state index contributed by atoms with van der Waals surface area (Å²) in [5, 5.41) is 0. The molecule has 0 heteroatoms. The van der Waals surface area contributed by atoms with Crippen LogP contribution in [0.1, 0.15) is 60.3 Å². The molecule has 0 atom stereocenters. The fourth-order valence-corrected chi connectivity index (χ4v) is 4.68. The molecule has 0 spiro atoms. The van der Waals surface area contributed by atoms with Crippen molar-refractivity contribution in [3.05, 3.63) is 56.2 Å². The van der Waals surface area contributed by atoms with Crippen LogP contribution in [0.3, 0.4) is 0 Å². The minimum atomic E-state index is 0.702. The minimum absolute atomic E-state index is 0.702. The summed E-state index contributed by atoms with van der Waals surface area (Å²) in [5.41, 5.74) is 15.1. The van der Waals surface area contributed by atoms with Gasteiger partial charge in [-0.05, 0) is 83.5 Å². The first-order chi connectivity index (χ1) is 9.97. The van der Waals surface area contributed by atoms with Crippen LogP contribution in [0.25, 0.3) is 0 Å². The van der Waals surface area contributed by atoms with Gasteiger partial charge in [0.15, 0.2) is 0 Å². The van der Waals surface area contributed by atoms with Gasteiger partial charge in [0.05, 0.1) is 0 Å². The van der Waals surface area contributed by atoms with Crippen molar-refractivity contribution >= 4 is 0 Å². The third kappa shape index (κ3) is 1.74. The van der Waals surface area contributed by atoms with Gasteiger partial charge >= 0.3 is 0 Å². The summed E-state index contributed by atoms with van der Waals surface area (Å²) in [6.07, 6.45) is 7.42. The standard InChI is InChI=1S/C21H26/c1-11(2)14-6-15-8-19-20-9-16(12(3)4)13(5)17(20)10-21(19)18(15)7-14/h6,11-12H,7-10H2,1-5H3. The van der Waals surface area contributed by atoms with Crippen LogP contribution in [0.15, 0.2) is 56.2 Å². The molecule has 0 bridgehead atoms. The normalized spacial score (nSPS) is 24.0. The second kappa shape index (κ2) is 4.35. The molecular weight excluding hydrogens is 252 g/mol. The maximum absolute atomic E-state index is 2.51. The van der Waals surface area contributed by atoms with Crippen LogP contribution in [0.2, 0.25) is 0 Å². The van der Waals surface area contributed by atoms with E-state index in [0.717, 1.165) is 0 Å². The van der Waals surface area contributed by atoms with Gasteiger partial charge in [-0.15, -0.1) is 0 Å². The largest absolute Gasteiger partial charge is 0.0630 e. The first-order valence-electron chi connectivity index (χ1n) is 8.54. The average molecular weight is 278 g/mol. The molecular formula is C21H26. The van der Waals surface area contributed by atoms with Crippen molar-refractivity contribution in [3.63, 3.8) is 0 Å². The lowest BCUT2D eigenvalue weighted by Crippen LogP contribution is -1.98. The van der Waals surface area contributed by atoms with Crippen LogP contribution in [0.4, 0.5) is 0 Å². The van der Waals surface area contributed by atoms with Crippen molar-refractivity contribution in [2.24, 2.45) is 11.8 Å². The van der Waals surface area contributed by atoms with Gasteiger partial charge in [0.2, 0.25) is 0 Å². The topological polar surface area (TPSA) is 0 Å². The monoisotopic (exact) mass is 278 g/mol. The van der Waals surface area contributed by atoms with Crippen molar-refractivity contribution in [2.75, 3.05) is 0 Å². The van der Waals surface area contributed by atoms with Gasteiger partial charge in [-0.2, -0.15) is 0 Å². The molecule has 0 aromatic rings. The second-order valence-electron chi connectivity index (χ2n) is 7.80. The van der Waals surface area contributed by atoms with Gasteiger partial charge in [-0.1, -0.05) is 44.9 Å². The van der Waals surface area contributed by atoms with Crippen molar-refractivity contribution in [3.8, 4) is 0 Å². The molecule has 0 unspecified atom stereocenters. The zero-order valence-electron chi connectivity index (χ0n) is 14.1. The van der Waals surface area contributed by atoms with E-state index >= 15 is 0 Å². The Labute approximate surface area is 129 Å². The Bertz CT molecular complexity index is 696. The number of fused-ring (bicyclic) bond motifs is 2. The Hall–Kier alpha value is -1.30. The van der Waals surface area contributed by atoms with Crippen molar-refractivity contribution in [1.29, 1.82) is 0 Å². The van der Waals surface area contributed by atoms with E-state index in [1.54, 1.807) is 50.2 Å². The first kappa shape index (κ1) is 13.4. The van der Waals surface area contributed by atoms with Crippen LogP contribution >= 0.6 is 0 Å². The van der Waals surface area contributed by atoms with E-state index in [1.165, 1.54) is 25.7 Å². The first-order valence-corrected chi connectivity index (χ1v) is 8.54. The molecule has 0 saturated carbocycles. The van der Waals surface area contributed by atoms with Gasteiger partial charge in [0.25, 0.3) is 0 Å². The van der Waals surface area contributed by atoms with E-state index in [0.29, 0.717) is 11.8 Å². The highest BCUT2D eigenvalue weighted by atomic mass is 14.4. The number of hydrogen-bond acceptors (Lipinski definition) is 0. The Morgan fingerprint density at radius 1 is 0.714 bits per heavy atom. The fraction of sp³-hybridized carbons (Fsp3) is 0.524. The molecule has 4 aliphatic rings. The van der Waals surface area contributed by atoms with Crippen molar-refractivity contribution in [2.45, 2.75) is 60.3 Å². The van der Waals surface area contributed by atoms with E-state index in [2.05, 4.69) is 40.7 Å². The average Bonchev–Trinajstić information content (AvgIpc) is 3.07. The predicted octanol–water partition coefficient (Wildman–Crippen LogP) is 6.05. The lowest BCUT2D eigenvalue weighted by atomic mass is 9.91. The highest BCUT2D eigenvalue weighted by Crippen LogP contribution is 2.56. The highest BCUT2D eigenvalue weighted by Gasteiger charge is 2.38. The van der Waals surface area contributed by atoms with Crippen LogP contribution < -0.4 is 0 Å². The zero-order valence-corrected chi connectivity index (χ0v) is 14.1. The minimum Gasteiger partial charge on any atom is -0.0630 e. The Morgan fingerprint density at radius 2 is 1.38 bits per heavy atom. The Kier molecular flexibility index (Phi) is 2.77. The SMILES string of the molecule is CC1=C(C(C)C)CC2=C1CC1=C2CC2=C1CC(C(C)C)=C2. The Balaban J connectivity index is 1.60. The summed E-state index contributed by atoms with van der Waals surface area (Å²) >= 11 is 0. The van der Waals surface area contributed by atoms with Gasteiger partial charge < -0.3 is 0 Å². The van der Waals surface area contributed by atoms with Gasteiger partial charge in [0.1, 0.15) is 0 Å². The molecule has 0 amide bonds. The number of allylic oxidation sites excluding steroid dienone is 10. The summed E-state index contributed by atoms with van der Waals surface area (Å²) in [7, 11) is 0. The summed E-state index contributed by atoms with van der Waals surface area (Å²) in [5.74, 6) is 1.41. The fourth-order valence-electron chi connectivity index (χ4n) is 4.68. The summed E-state index contributed by atoms with van der Waals surface area (Å²) in [6, 6.07) is 0. The third-order valence-corrected chi connectivity index (χ3v) is 6.05. The molecule has 110 valence electrons. The van der Waals surface area contributed by atoms with Crippen LogP contribution in [0.5, 0.6) is 0 Å². The van der Waals surface area contributed by atoms with Gasteiger partial charge in [0, 0.05) is 0 Å². The molecule has 0 fully saturated rings. The van der Waals surface area contributed by atoms with E-state index < -0.39 is 0 Å². The third-order valence-electron chi connectivity index (χ3n) is 6.05. The highest BCUT2D eigenvalue weighted by molar-refractivity contribution is 5.71. The Morgan fingerprint density at radius 3 is 2.05 bits per heavy atom. The van der Waals surface area contributed by atoms with Crippen LogP contribution in [-0.2, 0) is 0 Å². The lowest BCUT2D eigenvalue weighted by molar-refractivity contribution is 0.737. The van der Waals surface area contributed by atoms with Crippen molar-refractivity contribution in [1.82, 2.24) is 0 Å². The summed E-state index contributed by atoms with van der Waals surface area (Å²) < 4.78 is 0. The lowest BCUT2D eigenvalue weighted by Gasteiger charge is -2.14. The van der Waals surface area contributed by atoms with Gasteiger partial charge in [-0.3, -0.25) is 0 Å². The maximum atomic E-state index is 2.51. The van der Waals surface area contributed by atoms with E-state index in [1.807, 2.05) is 0 Å². The molecule has 0 radical (unpaired) electrons. The van der Waals surface area contributed by atoms with E-state index in [9.17, 15) is 0 Å². The molecule has 21 heavy (non-hydrogen) atoms. The molecule has 0 nitrogen and oxygen atoms in total. The van der Waals surface area contributed by atoms with Crippen LogP contribution in [0, 0.1) is 11.8 Å². The molecule has 0 saturated heterocycles. The molecule has 4 aliphatic carbocycles. The summed E-state index contributed by atoms with van der Waals surface area (Å²) in [4.78, 5) is 0. The number of hydrogen-bond donors (Lipinski definition) is 0. The zero-order chi connectivity index (χ0) is 14.9. The van der Waals surface area contributed by atoms with E-state index in [-0.39, 0.29) is 0 Å². The van der Waals surface area contributed by atoms with Crippen LogP contribution in [-0.4, -0.2) is 0 Å². The predicted molar refractivity (Wildman–Crippen MR) is 90.0 cm³/mol. The molecule has 0 heterocycles. The molecule has 0 N–H and O–H groups in total. The molecule has 0 aliphatic heterocycles. The van der Waals surface area contributed by atoms with Crippen molar-refractivity contribution < 1.29 is 0 Å². The molecule has 0 aromatic heterocycles. The van der Waals surface area contributed by atoms with E-state index in [4.69, 9.17) is 0 Å². The maximum Gasteiger partial charge on any atom is -0.00143 e.